The zero-order chi connectivity index (χ0) is 11.5. The number of rotatable bonds is 3. The van der Waals surface area contributed by atoms with E-state index in [9.17, 15) is 0 Å². The molecule has 0 aliphatic heterocycles. The van der Waals surface area contributed by atoms with Gasteiger partial charge in [0.15, 0.2) is 0 Å². The molecule has 2 N–H and O–H groups in total. The highest BCUT2D eigenvalue weighted by Crippen LogP contribution is 2.32. The van der Waals surface area contributed by atoms with Crippen LogP contribution in [0.5, 0.6) is 0 Å². The minimum Gasteiger partial charge on any atom is -0.324 e. The van der Waals surface area contributed by atoms with Crippen molar-refractivity contribution in [3.63, 3.8) is 0 Å². The van der Waals surface area contributed by atoms with Crippen molar-refractivity contribution >= 4 is 11.6 Å². The van der Waals surface area contributed by atoms with Crippen LogP contribution in [-0.2, 0) is 0 Å². The van der Waals surface area contributed by atoms with Gasteiger partial charge in [0.25, 0.3) is 0 Å². The lowest BCUT2D eigenvalue weighted by atomic mass is 9.93. The molecule has 1 atom stereocenters. The Morgan fingerprint density at radius 2 is 2.00 bits per heavy atom. The molecule has 1 nitrogen and oxygen atoms in total. The highest BCUT2D eigenvalue weighted by atomic mass is 35.5. The maximum absolute atomic E-state index is 6.25. The van der Waals surface area contributed by atoms with Crippen LogP contribution in [0.1, 0.15) is 49.3 Å². The quantitative estimate of drug-likeness (QED) is 0.837. The number of halogens is 1. The third-order valence-electron chi connectivity index (χ3n) is 3.55. The van der Waals surface area contributed by atoms with E-state index in [1.807, 2.05) is 12.1 Å². The van der Waals surface area contributed by atoms with Gasteiger partial charge < -0.3 is 5.73 Å². The smallest absolute Gasteiger partial charge is 0.0411 e. The van der Waals surface area contributed by atoms with Crippen molar-refractivity contribution in [3.05, 3.63) is 34.3 Å². The standard InChI is InChI=1S/C14H20ClN/c1-10-6-12(9-13(15)7-10)14(16)8-11-4-2-3-5-11/h6-7,9,11,14H,2-5,8,16H2,1H3. The molecule has 2 heteroatoms. The van der Waals surface area contributed by atoms with Crippen molar-refractivity contribution in [1.82, 2.24) is 0 Å². The van der Waals surface area contributed by atoms with Gasteiger partial charge in [0.2, 0.25) is 0 Å². The summed E-state index contributed by atoms with van der Waals surface area (Å²) in [4.78, 5) is 0. The molecule has 1 aromatic rings. The summed E-state index contributed by atoms with van der Waals surface area (Å²) in [7, 11) is 0. The Bertz CT molecular complexity index is 336. The van der Waals surface area contributed by atoms with Gasteiger partial charge in [0.1, 0.15) is 0 Å². The predicted octanol–water partition coefficient (Wildman–Crippen LogP) is 4.23. The predicted molar refractivity (Wildman–Crippen MR) is 69.7 cm³/mol. The molecule has 0 bridgehead atoms. The third kappa shape index (κ3) is 2.99. The molecule has 0 radical (unpaired) electrons. The van der Waals surface area contributed by atoms with Gasteiger partial charge in [0.05, 0.1) is 0 Å². The zero-order valence-corrected chi connectivity index (χ0v) is 10.6. The van der Waals surface area contributed by atoms with Crippen LogP contribution in [0.25, 0.3) is 0 Å². The Balaban J connectivity index is 2.04. The first-order valence-corrected chi connectivity index (χ1v) is 6.55. The number of hydrogen-bond donors (Lipinski definition) is 1. The maximum Gasteiger partial charge on any atom is 0.0411 e. The van der Waals surface area contributed by atoms with Gasteiger partial charge in [-0.1, -0.05) is 43.4 Å². The van der Waals surface area contributed by atoms with Crippen molar-refractivity contribution in [1.29, 1.82) is 0 Å². The van der Waals surface area contributed by atoms with E-state index >= 15 is 0 Å². The molecule has 1 aliphatic carbocycles. The fraction of sp³-hybridized carbons (Fsp3) is 0.571. The molecule has 2 rings (SSSR count). The fourth-order valence-electron chi connectivity index (χ4n) is 2.72. The summed E-state index contributed by atoms with van der Waals surface area (Å²) in [6.07, 6.45) is 6.58. The molecule has 0 aromatic heterocycles. The molecule has 1 aromatic carbocycles. The molecule has 88 valence electrons. The molecule has 0 amide bonds. The Hall–Kier alpha value is -0.530. The first kappa shape index (κ1) is 11.9. The Kier molecular flexibility index (Phi) is 3.88. The van der Waals surface area contributed by atoms with Crippen molar-refractivity contribution in [2.75, 3.05) is 0 Å². The fourth-order valence-corrected chi connectivity index (χ4v) is 3.02. The van der Waals surface area contributed by atoms with Crippen LogP contribution in [0.4, 0.5) is 0 Å². The SMILES string of the molecule is Cc1cc(Cl)cc(C(N)CC2CCCC2)c1. The van der Waals surface area contributed by atoms with Gasteiger partial charge >= 0.3 is 0 Å². The van der Waals surface area contributed by atoms with E-state index in [1.165, 1.54) is 36.8 Å². The largest absolute Gasteiger partial charge is 0.324 e. The van der Waals surface area contributed by atoms with Crippen molar-refractivity contribution in [2.24, 2.45) is 11.7 Å². The van der Waals surface area contributed by atoms with Crippen LogP contribution in [0.2, 0.25) is 5.02 Å². The molecule has 1 fully saturated rings. The minimum absolute atomic E-state index is 0.153. The molecule has 1 aliphatic rings. The van der Waals surface area contributed by atoms with Crippen molar-refractivity contribution < 1.29 is 0 Å². The van der Waals surface area contributed by atoms with Gasteiger partial charge in [-0.2, -0.15) is 0 Å². The number of benzene rings is 1. The number of hydrogen-bond acceptors (Lipinski definition) is 1. The first-order chi connectivity index (χ1) is 7.65. The zero-order valence-electron chi connectivity index (χ0n) is 9.88. The minimum atomic E-state index is 0.153. The normalized spacial score (nSPS) is 18.9. The second kappa shape index (κ2) is 5.20. The van der Waals surface area contributed by atoms with E-state index in [0.717, 1.165) is 17.4 Å². The summed E-state index contributed by atoms with van der Waals surface area (Å²) in [6, 6.07) is 6.30. The molecule has 16 heavy (non-hydrogen) atoms. The van der Waals surface area contributed by atoms with Gasteiger partial charge in [-0.3, -0.25) is 0 Å². The van der Waals surface area contributed by atoms with Gasteiger partial charge in [-0.25, -0.2) is 0 Å². The summed E-state index contributed by atoms with van der Waals surface area (Å²) in [5.41, 5.74) is 8.64. The van der Waals surface area contributed by atoms with E-state index in [2.05, 4.69) is 13.0 Å². The third-order valence-corrected chi connectivity index (χ3v) is 3.77. The van der Waals surface area contributed by atoms with Crippen LogP contribution in [0.3, 0.4) is 0 Å². The lowest BCUT2D eigenvalue weighted by Crippen LogP contribution is -2.14. The summed E-state index contributed by atoms with van der Waals surface area (Å²) < 4.78 is 0. The number of aryl methyl sites for hydroxylation is 1. The Morgan fingerprint density at radius 3 is 2.62 bits per heavy atom. The van der Waals surface area contributed by atoms with Crippen LogP contribution in [0.15, 0.2) is 18.2 Å². The van der Waals surface area contributed by atoms with Gasteiger partial charge in [-0.15, -0.1) is 0 Å². The van der Waals surface area contributed by atoms with Gasteiger partial charge in [-0.05, 0) is 42.5 Å². The summed E-state index contributed by atoms with van der Waals surface area (Å²) in [6.45, 7) is 2.07. The van der Waals surface area contributed by atoms with Gasteiger partial charge in [0, 0.05) is 11.1 Å². The van der Waals surface area contributed by atoms with E-state index < -0.39 is 0 Å². The lowest BCUT2D eigenvalue weighted by Gasteiger charge is -2.17. The monoisotopic (exact) mass is 237 g/mol. The van der Waals surface area contributed by atoms with E-state index in [-0.39, 0.29) is 6.04 Å². The van der Waals surface area contributed by atoms with Crippen LogP contribution in [-0.4, -0.2) is 0 Å². The van der Waals surface area contributed by atoms with Crippen LogP contribution >= 0.6 is 11.6 Å². The maximum atomic E-state index is 6.25. The summed E-state index contributed by atoms with van der Waals surface area (Å²) in [5, 5.41) is 0.803. The average Bonchev–Trinajstić information content (AvgIpc) is 2.68. The molecular weight excluding hydrogens is 218 g/mol. The van der Waals surface area contributed by atoms with Crippen molar-refractivity contribution in [3.8, 4) is 0 Å². The van der Waals surface area contributed by atoms with Crippen LogP contribution in [0, 0.1) is 12.8 Å². The highest BCUT2D eigenvalue weighted by Gasteiger charge is 2.19. The summed E-state index contributed by atoms with van der Waals surface area (Å²) in [5.74, 6) is 0.828. The molecule has 0 saturated heterocycles. The van der Waals surface area contributed by atoms with Crippen LogP contribution < -0.4 is 5.73 Å². The van der Waals surface area contributed by atoms with E-state index in [1.54, 1.807) is 0 Å². The highest BCUT2D eigenvalue weighted by molar-refractivity contribution is 6.30. The summed E-state index contributed by atoms with van der Waals surface area (Å²) >= 11 is 6.06. The molecule has 0 spiro atoms. The molecular formula is C14H20ClN. The Labute approximate surface area is 103 Å². The van der Waals surface area contributed by atoms with Crippen molar-refractivity contribution in [2.45, 2.75) is 45.1 Å². The average molecular weight is 238 g/mol. The number of nitrogens with two attached hydrogens (primary N) is 1. The Morgan fingerprint density at radius 1 is 1.31 bits per heavy atom. The first-order valence-electron chi connectivity index (χ1n) is 6.18. The second-order valence-corrected chi connectivity index (χ2v) is 5.49. The molecule has 1 unspecified atom stereocenters. The molecule has 0 heterocycles. The second-order valence-electron chi connectivity index (χ2n) is 5.05. The van der Waals surface area contributed by atoms with E-state index in [0.29, 0.717) is 0 Å². The van der Waals surface area contributed by atoms with E-state index in [4.69, 9.17) is 17.3 Å². The topological polar surface area (TPSA) is 26.0 Å². The molecule has 1 saturated carbocycles. The lowest BCUT2D eigenvalue weighted by molar-refractivity contribution is 0.451.